The summed E-state index contributed by atoms with van der Waals surface area (Å²) in [6.45, 7) is 5.68. The zero-order valence-corrected chi connectivity index (χ0v) is 13.2. The van der Waals surface area contributed by atoms with Crippen LogP contribution in [0.15, 0.2) is 43.1 Å². The van der Waals surface area contributed by atoms with Gasteiger partial charge < -0.3 is 15.2 Å². The number of benzene rings is 1. The van der Waals surface area contributed by atoms with Crippen molar-refractivity contribution in [3.63, 3.8) is 0 Å². The van der Waals surface area contributed by atoms with Gasteiger partial charge in [0.1, 0.15) is 6.10 Å². The Balaban J connectivity index is 2.05. The Bertz CT molecular complexity index is 741. The van der Waals surface area contributed by atoms with Gasteiger partial charge in [-0.3, -0.25) is 4.79 Å². The second-order valence-electron chi connectivity index (χ2n) is 4.98. The lowest BCUT2D eigenvalue weighted by atomic mass is 10.2. The molecule has 0 aliphatic rings. The van der Waals surface area contributed by atoms with Crippen LogP contribution in [0.3, 0.4) is 0 Å². The molecule has 8 nitrogen and oxygen atoms in total. The molecule has 0 saturated carbocycles. The first-order valence-corrected chi connectivity index (χ1v) is 7.30. The van der Waals surface area contributed by atoms with Crippen LogP contribution in [0.4, 0.5) is 5.69 Å². The number of aromatic carboxylic acids is 1. The fourth-order valence-electron chi connectivity index (χ4n) is 1.86. The van der Waals surface area contributed by atoms with E-state index in [0.29, 0.717) is 24.4 Å². The molecule has 1 aromatic heterocycles. The Morgan fingerprint density at radius 3 is 2.96 bits per heavy atom. The smallest absolute Gasteiger partial charge is 0.358 e. The van der Waals surface area contributed by atoms with E-state index in [1.54, 1.807) is 37.3 Å². The van der Waals surface area contributed by atoms with E-state index in [1.807, 2.05) is 0 Å². The predicted molar refractivity (Wildman–Crippen MR) is 87.2 cm³/mol. The van der Waals surface area contributed by atoms with Crippen LogP contribution >= 0.6 is 0 Å². The van der Waals surface area contributed by atoms with E-state index in [4.69, 9.17) is 9.84 Å². The van der Waals surface area contributed by atoms with Crippen LogP contribution in [0.2, 0.25) is 0 Å². The molecule has 1 heterocycles. The number of aromatic nitrogens is 3. The van der Waals surface area contributed by atoms with E-state index in [2.05, 4.69) is 22.2 Å². The van der Waals surface area contributed by atoms with Crippen molar-refractivity contribution in [1.29, 1.82) is 0 Å². The number of nitrogens with one attached hydrogen (secondary N) is 1. The van der Waals surface area contributed by atoms with Gasteiger partial charge in [-0.05, 0) is 31.5 Å². The van der Waals surface area contributed by atoms with E-state index in [9.17, 15) is 9.59 Å². The maximum absolute atomic E-state index is 12.1. The molecular weight excluding hydrogens is 312 g/mol. The minimum absolute atomic E-state index is 0.159. The Labute approximate surface area is 138 Å². The van der Waals surface area contributed by atoms with Gasteiger partial charge in [0, 0.05) is 5.69 Å². The average Bonchev–Trinajstić information content (AvgIpc) is 3.05. The molecule has 0 aliphatic carbocycles. The number of anilines is 1. The summed E-state index contributed by atoms with van der Waals surface area (Å²) in [6, 6.07) is 6.82. The Kier molecular flexibility index (Phi) is 5.80. The SMILES string of the molecule is C=CCCOC(C)C(=O)Nc1cccc(-n2cc(C(=O)O)nn2)c1. The monoisotopic (exact) mass is 330 g/mol. The number of hydrogen-bond donors (Lipinski definition) is 2. The summed E-state index contributed by atoms with van der Waals surface area (Å²) < 4.78 is 6.71. The summed E-state index contributed by atoms with van der Waals surface area (Å²) in [6.07, 6.45) is 3.09. The van der Waals surface area contributed by atoms with Crippen molar-refractivity contribution in [1.82, 2.24) is 15.0 Å². The number of rotatable bonds is 8. The Morgan fingerprint density at radius 2 is 2.29 bits per heavy atom. The number of nitrogens with zero attached hydrogens (tertiary/aromatic N) is 3. The summed E-state index contributed by atoms with van der Waals surface area (Å²) in [5.74, 6) is -1.43. The molecule has 1 amide bonds. The highest BCUT2D eigenvalue weighted by Crippen LogP contribution is 2.15. The fraction of sp³-hybridized carbons (Fsp3) is 0.250. The van der Waals surface area contributed by atoms with E-state index in [1.165, 1.54) is 10.9 Å². The zero-order chi connectivity index (χ0) is 17.5. The van der Waals surface area contributed by atoms with Gasteiger partial charge in [0.25, 0.3) is 5.91 Å². The minimum atomic E-state index is -1.16. The van der Waals surface area contributed by atoms with Gasteiger partial charge in [-0.1, -0.05) is 17.4 Å². The fourth-order valence-corrected chi connectivity index (χ4v) is 1.86. The molecule has 0 aliphatic heterocycles. The number of amides is 1. The van der Waals surface area contributed by atoms with Gasteiger partial charge in [0.05, 0.1) is 18.5 Å². The average molecular weight is 330 g/mol. The lowest BCUT2D eigenvalue weighted by Crippen LogP contribution is -2.28. The van der Waals surface area contributed by atoms with E-state index in [-0.39, 0.29) is 11.6 Å². The first kappa shape index (κ1) is 17.4. The predicted octanol–water partition coefficient (Wildman–Crippen LogP) is 1.89. The van der Waals surface area contributed by atoms with Gasteiger partial charge in [0.15, 0.2) is 5.69 Å². The second kappa shape index (κ2) is 8.02. The van der Waals surface area contributed by atoms with Gasteiger partial charge in [0.2, 0.25) is 0 Å². The standard InChI is InChI=1S/C16H18N4O4/c1-3-4-8-24-11(2)15(21)17-12-6-5-7-13(9-12)20-10-14(16(22)23)18-19-20/h3,5-7,9-11H,1,4,8H2,2H3,(H,17,21)(H,22,23). The largest absolute Gasteiger partial charge is 0.476 e. The summed E-state index contributed by atoms with van der Waals surface area (Å²) in [5, 5.41) is 18.9. The summed E-state index contributed by atoms with van der Waals surface area (Å²) in [4.78, 5) is 22.9. The van der Waals surface area contributed by atoms with E-state index in [0.717, 1.165) is 0 Å². The highest BCUT2D eigenvalue weighted by molar-refractivity contribution is 5.94. The molecule has 0 saturated heterocycles. The summed E-state index contributed by atoms with van der Waals surface area (Å²) in [5.41, 5.74) is 0.964. The number of carbonyl (C=O) groups excluding carboxylic acids is 1. The zero-order valence-electron chi connectivity index (χ0n) is 13.2. The molecular formula is C16H18N4O4. The van der Waals surface area contributed by atoms with Crippen LogP contribution < -0.4 is 5.32 Å². The Morgan fingerprint density at radius 1 is 1.50 bits per heavy atom. The van der Waals surface area contributed by atoms with Gasteiger partial charge >= 0.3 is 5.97 Å². The lowest BCUT2D eigenvalue weighted by molar-refractivity contribution is -0.126. The van der Waals surface area contributed by atoms with E-state index < -0.39 is 12.1 Å². The molecule has 24 heavy (non-hydrogen) atoms. The third-order valence-electron chi connectivity index (χ3n) is 3.15. The van der Waals surface area contributed by atoms with Crippen LogP contribution in [0.25, 0.3) is 5.69 Å². The molecule has 2 aromatic rings. The van der Waals surface area contributed by atoms with Crippen molar-refractivity contribution >= 4 is 17.6 Å². The van der Waals surface area contributed by atoms with E-state index >= 15 is 0 Å². The van der Waals surface area contributed by atoms with Crippen molar-refractivity contribution in [2.75, 3.05) is 11.9 Å². The van der Waals surface area contributed by atoms with Crippen LogP contribution in [0, 0.1) is 0 Å². The maximum Gasteiger partial charge on any atom is 0.358 e. The van der Waals surface area contributed by atoms with Crippen LogP contribution in [-0.4, -0.2) is 44.7 Å². The van der Waals surface area contributed by atoms with Crippen molar-refractivity contribution < 1.29 is 19.4 Å². The molecule has 0 spiro atoms. The molecule has 1 unspecified atom stereocenters. The quantitative estimate of drug-likeness (QED) is 0.565. The lowest BCUT2D eigenvalue weighted by Gasteiger charge is -2.13. The summed E-state index contributed by atoms with van der Waals surface area (Å²) in [7, 11) is 0. The van der Waals surface area contributed by atoms with Crippen molar-refractivity contribution in [2.24, 2.45) is 0 Å². The van der Waals surface area contributed by atoms with Gasteiger partial charge in [-0.25, -0.2) is 9.48 Å². The maximum atomic E-state index is 12.1. The highest BCUT2D eigenvalue weighted by atomic mass is 16.5. The van der Waals surface area contributed by atoms with Gasteiger partial charge in [-0.15, -0.1) is 11.7 Å². The Hall–Kier alpha value is -3.00. The van der Waals surface area contributed by atoms with Crippen LogP contribution in [0.5, 0.6) is 0 Å². The van der Waals surface area contributed by atoms with Crippen LogP contribution in [-0.2, 0) is 9.53 Å². The molecule has 2 N–H and O–H groups in total. The summed E-state index contributed by atoms with van der Waals surface area (Å²) >= 11 is 0. The van der Waals surface area contributed by atoms with Crippen molar-refractivity contribution in [3.05, 3.63) is 48.8 Å². The second-order valence-corrected chi connectivity index (χ2v) is 4.98. The van der Waals surface area contributed by atoms with Gasteiger partial charge in [-0.2, -0.15) is 0 Å². The number of carboxylic acids is 1. The highest BCUT2D eigenvalue weighted by Gasteiger charge is 2.14. The molecule has 1 atom stereocenters. The third kappa shape index (κ3) is 4.50. The minimum Gasteiger partial charge on any atom is -0.476 e. The molecule has 0 fully saturated rings. The number of ether oxygens (including phenoxy) is 1. The van der Waals surface area contributed by atoms with Crippen molar-refractivity contribution in [2.45, 2.75) is 19.4 Å². The number of carboxylic acid groups (broad SMARTS) is 1. The molecule has 0 radical (unpaired) electrons. The van der Waals surface area contributed by atoms with Crippen LogP contribution in [0.1, 0.15) is 23.8 Å². The first-order chi connectivity index (χ1) is 11.5. The molecule has 0 bridgehead atoms. The molecule has 8 heteroatoms. The topological polar surface area (TPSA) is 106 Å². The molecule has 2 rings (SSSR count). The third-order valence-corrected chi connectivity index (χ3v) is 3.15. The normalized spacial score (nSPS) is 11.7. The first-order valence-electron chi connectivity index (χ1n) is 7.30. The molecule has 126 valence electrons. The van der Waals surface area contributed by atoms with Crippen molar-refractivity contribution in [3.8, 4) is 5.69 Å². The number of hydrogen-bond acceptors (Lipinski definition) is 5. The number of carbonyl (C=O) groups is 2. The molecule has 1 aromatic carbocycles.